The topological polar surface area (TPSA) is 49.8 Å². The molecule has 0 bridgehead atoms. The maximum Gasteiger partial charge on any atom is 0.0992 e. The van der Waals surface area contributed by atoms with Crippen molar-refractivity contribution < 1.29 is 0 Å². The third kappa shape index (κ3) is 1.89. The highest BCUT2D eigenvalue weighted by atomic mass is 127. The van der Waals surface area contributed by atoms with E-state index < -0.39 is 0 Å². The molecule has 0 aliphatic rings. The number of rotatable bonds is 1. The van der Waals surface area contributed by atoms with Crippen molar-refractivity contribution in [2.24, 2.45) is 5.73 Å². The summed E-state index contributed by atoms with van der Waals surface area (Å²) in [5.74, 6) is 0. The fraction of sp³-hybridized carbons (Fsp3) is 0.125. The van der Waals surface area contributed by atoms with Crippen LogP contribution < -0.4 is 5.73 Å². The van der Waals surface area contributed by atoms with Crippen molar-refractivity contribution in [3.63, 3.8) is 0 Å². The Balaban J connectivity index is 3.30. The van der Waals surface area contributed by atoms with Crippen LogP contribution in [0, 0.1) is 14.9 Å². The molecule has 4 heteroatoms. The van der Waals surface area contributed by atoms with Gasteiger partial charge in [-0.3, -0.25) is 0 Å². The number of hydrogen-bond acceptors (Lipinski definition) is 2. The van der Waals surface area contributed by atoms with Crippen LogP contribution in [0.1, 0.15) is 11.1 Å². The second kappa shape index (κ2) is 4.08. The Labute approximate surface area is 89.5 Å². The molecular formula is C8H6ClIN2. The molecular weight excluding hydrogens is 286 g/mol. The van der Waals surface area contributed by atoms with Gasteiger partial charge < -0.3 is 5.73 Å². The molecule has 0 unspecified atom stereocenters. The molecule has 0 saturated carbocycles. The van der Waals surface area contributed by atoms with Gasteiger partial charge in [0.1, 0.15) is 0 Å². The van der Waals surface area contributed by atoms with E-state index in [0.717, 1.165) is 9.13 Å². The second-order valence-corrected chi connectivity index (χ2v) is 3.80. The fourth-order valence-electron chi connectivity index (χ4n) is 0.863. The molecule has 12 heavy (non-hydrogen) atoms. The first kappa shape index (κ1) is 9.78. The Kier molecular flexibility index (Phi) is 3.32. The van der Waals surface area contributed by atoms with E-state index in [1.807, 2.05) is 6.07 Å². The van der Waals surface area contributed by atoms with Gasteiger partial charge in [-0.1, -0.05) is 11.6 Å². The van der Waals surface area contributed by atoms with Crippen LogP contribution in [0.5, 0.6) is 0 Å². The maximum atomic E-state index is 8.61. The fourth-order valence-corrected chi connectivity index (χ4v) is 2.16. The van der Waals surface area contributed by atoms with Crippen molar-refractivity contribution in [1.29, 1.82) is 5.26 Å². The molecule has 1 aromatic carbocycles. The Morgan fingerprint density at radius 3 is 2.67 bits per heavy atom. The van der Waals surface area contributed by atoms with Gasteiger partial charge in [-0.25, -0.2) is 0 Å². The molecule has 2 N–H and O–H groups in total. The highest BCUT2D eigenvalue weighted by Gasteiger charge is 2.05. The highest BCUT2D eigenvalue weighted by Crippen LogP contribution is 2.23. The predicted octanol–water partition coefficient (Wildman–Crippen LogP) is 2.27. The summed E-state index contributed by atoms with van der Waals surface area (Å²) in [6.45, 7) is 0.406. The molecule has 0 amide bonds. The van der Waals surface area contributed by atoms with Crippen LogP contribution in [0.25, 0.3) is 0 Å². The summed E-state index contributed by atoms with van der Waals surface area (Å²) in [5.41, 5.74) is 6.94. The van der Waals surface area contributed by atoms with Gasteiger partial charge in [-0.15, -0.1) is 0 Å². The molecule has 62 valence electrons. The predicted molar refractivity (Wildman–Crippen MR) is 56.8 cm³/mol. The van der Waals surface area contributed by atoms with Crippen LogP contribution >= 0.6 is 34.2 Å². The molecule has 0 aliphatic heterocycles. The Morgan fingerprint density at radius 1 is 1.58 bits per heavy atom. The average Bonchev–Trinajstić information content (AvgIpc) is 2.03. The maximum absolute atomic E-state index is 8.61. The first-order valence-corrected chi connectivity index (χ1v) is 4.72. The lowest BCUT2D eigenvalue weighted by Gasteiger charge is -2.03. The van der Waals surface area contributed by atoms with Crippen LogP contribution in [0.4, 0.5) is 0 Å². The van der Waals surface area contributed by atoms with Crippen LogP contribution in [0.2, 0.25) is 5.02 Å². The lowest BCUT2D eigenvalue weighted by atomic mass is 10.1. The smallest absolute Gasteiger partial charge is 0.0992 e. The minimum atomic E-state index is 0.406. The molecule has 1 rings (SSSR count). The molecule has 0 radical (unpaired) electrons. The largest absolute Gasteiger partial charge is 0.326 e. The van der Waals surface area contributed by atoms with E-state index in [9.17, 15) is 0 Å². The first-order chi connectivity index (χ1) is 5.69. The number of halogens is 2. The molecule has 0 fully saturated rings. The zero-order chi connectivity index (χ0) is 9.14. The van der Waals surface area contributed by atoms with E-state index in [0.29, 0.717) is 17.1 Å². The van der Waals surface area contributed by atoms with E-state index in [2.05, 4.69) is 22.6 Å². The summed E-state index contributed by atoms with van der Waals surface area (Å²) < 4.78 is 0.944. The minimum absolute atomic E-state index is 0.406. The second-order valence-electron chi connectivity index (χ2n) is 2.23. The summed E-state index contributed by atoms with van der Waals surface area (Å²) in [7, 11) is 0. The lowest BCUT2D eigenvalue weighted by Crippen LogP contribution is -2.00. The highest BCUT2D eigenvalue weighted by molar-refractivity contribution is 14.1. The Morgan fingerprint density at radius 2 is 2.25 bits per heavy atom. The zero-order valence-corrected chi connectivity index (χ0v) is 9.06. The number of nitriles is 1. The zero-order valence-electron chi connectivity index (χ0n) is 6.14. The van der Waals surface area contributed by atoms with Crippen molar-refractivity contribution in [3.05, 3.63) is 31.9 Å². The minimum Gasteiger partial charge on any atom is -0.326 e. The van der Waals surface area contributed by atoms with Gasteiger partial charge in [0.25, 0.3) is 0 Å². The molecule has 0 spiro atoms. The van der Waals surface area contributed by atoms with Gasteiger partial charge in [0.2, 0.25) is 0 Å². The Hall–Kier alpha value is -0.310. The van der Waals surface area contributed by atoms with E-state index >= 15 is 0 Å². The van der Waals surface area contributed by atoms with Crippen molar-refractivity contribution in [2.45, 2.75) is 6.54 Å². The number of hydrogen-bond donors (Lipinski definition) is 1. The van der Waals surface area contributed by atoms with Crippen LogP contribution in [-0.2, 0) is 6.54 Å². The van der Waals surface area contributed by atoms with Crippen molar-refractivity contribution in [3.8, 4) is 6.07 Å². The SMILES string of the molecule is N#Cc1cc(Cl)c(CN)c(I)c1. The van der Waals surface area contributed by atoms with Crippen LogP contribution in [0.3, 0.4) is 0 Å². The number of benzene rings is 1. The summed E-state index contributed by atoms with van der Waals surface area (Å²) in [5, 5.41) is 9.18. The molecule has 0 heterocycles. The van der Waals surface area contributed by atoms with E-state index in [-0.39, 0.29) is 0 Å². The molecule has 0 saturated heterocycles. The molecule has 0 aromatic heterocycles. The van der Waals surface area contributed by atoms with Gasteiger partial charge in [-0.05, 0) is 40.3 Å². The van der Waals surface area contributed by atoms with Gasteiger partial charge in [0.15, 0.2) is 0 Å². The van der Waals surface area contributed by atoms with Gasteiger partial charge in [0.05, 0.1) is 11.6 Å². The summed E-state index contributed by atoms with van der Waals surface area (Å²) in [6, 6.07) is 5.43. The van der Waals surface area contributed by atoms with Gasteiger partial charge in [0, 0.05) is 15.1 Å². The van der Waals surface area contributed by atoms with Crippen molar-refractivity contribution in [1.82, 2.24) is 0 Å². The third-order valence-corrected chi connectivity index (χ3v) is 2.77. The number of nitrogens with two attached hydrogens (primary N) is 1. The van der Waals surface area contributed by atoms with E-state index in [1.165, 1.54) is 0 Å². The van der Waals surface area contributed by atoms with Gasteiger partial charge >= 0.3 is 0 Å². The third-order valence-electron chi connectivity index (χ3n) is 1.47. The molecule has 2 nitrogen and oxygen atoms in total. The monoisotopic (exact) mass is 292 g/mol. The average molecular weight is 293 g/mol. The summed E-state index contributed by atoms with van der Waals surface area (Å²) in [4.78, 5) is 0. The summed E-state index contributed by atoms with van der Waals surface area (Å²) in [6.07, 6.45) is 0. The van der Waals surface area contributed by atoms with Crippen LogP contribution in [-0.4, -0.2) is 0 Å². The molecule has 0 atom stereocenters. The van der Waals surface area contributed by atoms with Crippen LogP contribution in [0.15, 0.2) is 12.1 Å². The molecule has 1 aromatic rings. The summed E-state index contributed by atoms with van der Waals surface area (Å²) >= 11 is 8.00. The van der Waals surface area contributed by atoms with Gasteiger partial charge in [-0.2, -0.15) is 5.26 Å². The van der Waals surface area contributed by atoms with E-state index in [1.54, 1.807) is 12.1 Å². The normalized spacial score (nSPS) is 9.50. The quantitative estimate of drug-likeness (QED) is 0.807. The van der Waals surface area contributed by atoms with E-state index in [4.69, 9.17) is 22.6 Å². The van der Waals surface area contributed by atoms with Crippen molar-refractivity contribution in [2.75, 3.05) is 0 Å². The molecule has 0 aliphatic carbocycles. The van der Waals surface area contributed by atoms with Crippen molar-refractivity contribution >= 4 is 34.2 Å². The number of nitrogens with zero attached hydrogens (tertiary/aromatic N) is 1. The standard InChI is InChI=1S/C8H6ClIN2/c9-7-1-5(3-11)2-8(10)6(7)4-12/h1-2H,4,12H2. The lowest BCUT2D eigenvalue weighted by molar-refractivity contribution is 1.06. The Bertz CT molecular complexity index is 320. The first-order valence-electron chi connectivity index (χ1n) is 3.27.